The smallest absolute Gasteiger partial charge is 0.0943 e. The number of nitrogens with zero attached hydrogens (tertiary/aromatic N) is 1. The molecule has 0 saturated carbocycles. The Balaban J connectivity index is 0.00000288. The monoisotopic (exact) mass is 390 g/mol. The van der Waals surface area contributed by atoms with Crippen LogP contribution in [0.15, 0.2) is 30.3 Å². The highest BCUT2D eigenvalue weighted by molar-refractivity contribution is 5.85. The molecule has 0 aromatic heterocycles. The van der Waals surface area contributed by atoms with Crippen LogP contribution in [0.25, 0.3) is 0 Å². The molecule has 1 aromatic carbocycles. The second-order valence-corrected chi connectivity index (χ2v) is 7.30. The van der Waals surface area contributed by atoms with Crippen LogP contribution in [0.5, 0.6) is 0 Å². The van der Waals surface area contributed by atoms with E-state index in [1.54, 1.807) is 0 Å². The van der Waals surface area contributed by atoms with Gasteiger partial charge in [-0.15, -0.1) is 24.8 Å². The van der Waals surface area contributed by atoms with Crippen LogP contribution < -0.4 is 5.32 Å². The minimum atomic E-state index is -0.423. The minimum Gasteiger partial charge on any atom is -0.387 e. The number of aliphatic hydroxyl groups is 1. The Bertz CT molecular complexity index is 425. The summed E-state index contributed by atoms with van der Waals surface area (Å²) in [6, 6.07) is 10.2. The van der Waals surface area contributed by atoms with Gasteiger partial charge in [-0.1, -0.05) is 50.6 Å². The van der Waals surface area contributed by atoms with Crippen molar-refractivity contribution in [2.24, 2.45) is 5.92 Å². The number of halogens is 2. The fourth-order valence-electron chi connectivity index (χ4n) is 3.49. The molecule has 1 aliphatic rings. The number of aliphatic hydroxyl groups excluding tert-OH is 1. The third-order valence-corrected chi connectivity index (χ3v) is 4.75. The first-order valence-corrected chi connectivity index (χ1v) is 9.35. The SMILES string of the molecule is CC(C)C[C@@H](NCCCN1CCCCC1)[C@H](O)c1ccccc1.Cl.Cl. The quantitative estimate of drug-likeness (QED) is 0.611. The van der Waals surface area contributed by atoms with Crippen LogP contribution in [0.3, 0.4) is 0 Å². The second kappa shape index (κ2) is 13.8. The van der Waals surface area contributed by atoms with Crippen molar-refractivity contribution in [2.45, 2.75) is 58.1 Å². The van der Waals surface area contributed by atoms with Gasteiger partial charge in [-0.05, 0) is 63.3 Å². The van der Waals surface area contributed by atoms with Gasteiger partial charge in [0.25, 0.3) is 0 Å². The molecule has 2 N–H and O–H groups in total. The first-order valence-electron chi connectivity index (χ1n) is 9.35. The van der Waals surface area contributed by atoms with E-state index < -0.39 is 6.10 Å². The van der Waals surface area contributed by atoms with Crippen LogP contribution in [-0.4, -0.2) is 42.2 Å². The summed E-state index contributed by atoms with van der Waals surface area (Å²) < 4.78 is 0. The summed E-state index contributed by atoms with van der Waals surface area (Å²) in [6.45, 7) is 9.14. The van der Waals surface area contributed by atoms with Crippen LogP contribution in [0, 0.1) is 5.92 Å². The Morgan fingerprint density at radius 2 is 1.68 bits per heavy atom. The van der Waals surface area contributed by atoms with E-state index in [0.717, 1.165) is 24.9 Å². The van der Waals surface area contributed by atoms with E-state index >= 15 is 0 Å². The first kappa shape index (κ1) is 24.7. The number of rotatable bonds is 9. The van der Waals surface area contributed by atoms with Gasteiger partial charge in [0, 0.05) is 6.04 Å². The van der Waals surface area contributed by atoms with Gasteiger partial charge in [-0.2, -0.15) is 0 Å². The van der Waals surface area contributed by atoms with Crippen LogP contribution in [0.4, 0.5) is 0 Å². The van der Waals surface area contributed by atoms with Gasteiger partial charge in [0.05, 0.1) is 6.10 Å². The lowest BCUT2D eigenvalue weighted by Gasteiger charge is -2.28. The molecule has 3 nitrogen and oxygen atoms in total. The van der Waals surface area contributed by atoms with E-state index in [1.807, 2.05) is 30.3 Å². The van der Waals surface area contributed by atoms with Crippen LogP contribution in [-0.2, 0) is 0 Å². The molecule has 1 aliphatic heterocycles. The molecule has 0 amide bonds. The minimum absolute atomic E-state index is 0. The summed E-state index contributed by atoms with van der Waals surface area (Å²) in [6.07, 6.45) is 5.85. The molecule has 2 rings (SSSR count). The van der Waals surface area contributed by atoms with Crippen molar-refractivity contribution in [3.05, 3.63) is 35.9 Å². The van der Waals surface area contributed by atoms with Crippen LogP contribution in [0.2, 0.25) is 0 Å². The van der Waals surface area contributed by atoms with Gasteiger partial charge < -0.3 is 15.3 Å². The maximum Gasteiger partial charge on any atom is 0.0943 e. The zero-order valence-corrected chi connectivity index (χ0v) is 17.3. The van der Waals surface area contributed by atoms with Crippen molar-refractivity contribution in [1.82, 2.24) is 10.2 Å². The fourth-order valence-corrected chi connectivity index (χ4v) is 3.49. The predicted octanol–water partition coefficient (Wildman–Crippen LogP) is 4.44. The lowest BCUT2D eigenvalue weighted by molar-refractivity contribution is 0.115. The zero-order valence-electron chi connectivity index (χ0n) is 15.7. The molecular weight excluding hydrogens is 355 g/mol. The highest BCUT2D eigenvalue weighted by Crippen LogP contribution is 2.21. The average Bonchev–Trinajstić information content (AvgIpc) is 2.58. The maximum absolute atomic E-state index is 10.7. The molecule has 1 heterocycles. The van der Waals surface area contributed by atoms with Gasteiger partial charge >= 0.3 is 0 Å². The highest BCUT2D eigenvalue weighted by Gasteiger charge is 2.21. The van der Waals surface area contributed by atoms with E-state index in [-0.39, 0.29) is 30.9 Å². The molecule has 1 aromatic rings. The Hall–Kier alpha value is -0.320. The molecule has 1 saturated heterocycles. The first-order chi connectivity index (χ1) is 11.2. The predicted molar refractivity (Wildman–Crippen MR) is 112 cm³/mol. The van der Waals surface area contributed by atoms with E-state index in [1.165, 1.54) is 38.9 Å². The number of likely N-dealkylation sites (tertiary alicyclic amines) is 1. The molecule has 0 bridgehead atoms. The summed E-state index contributed by atoms with van der Waals surface area (Å²) in [5.41, 5.74) is 1.02. The molecule has 0 unspecified atom stereocenters. The highest BCUT2D eigenvalue weighted by atomic mass is 35.5. The lowest BCUT2D eigenvalue weighted by Crippen LogP contribution is -2.38. The number of benzene rings is 1. The summed E-state index contributed by atoms with van der Waals surface area (Å²) in [7, 11) is 0. The van der Waals surface area contributed by atoms with E-state index in [4.69, 9.17) is 0 Å². The van der Waals surface area contributed by atoms with Crippen LogP contribution >= 0.6 is 24.8 Å². The number of nitrogens with one attached hydrogen (secondary N) is 1. The van der Waals surface area contributed by atoms with E-state index in [2.05, 4.69) is 24.1 Å². The number of hydrogen-bond acceptors (Lipinski definition) is 3. The summed E-state index contributed by atoms with van der Waals surface area (Å²) in [4.78, 5) is 2.58. The lowest BCUT2D eigenvalue weighted by atomic mass is 9.94. The maximum atomic E-state index is 10.7. The van der Waals surface area contributed by atoms with Crippen molar-refractivity contribution in [3.8, 4) is 0 Å². The molecule has 146 valence electrons. The molecule has 0 radical (unpaired) electrons. The molecule has 0 aliphatic carbocycles. The second-order valence-electron chi connectivity index (χ2n) is 7.30. The van der Waals surface area contributed by atoms with Crippen molar-refractivity contribution in [3.63, 3.8) is 0 Å². The third-order valence-electron chi connectivity index (χ3n) is 4.75. The van der Waals surface area contributed by atoms with Crippen molar-refractivity contribution >= 4 is 24.8 Å². The molecule has 1 fully saturated rings. The molecule has 2 atom stereocenters. The Morgan fingerprint density at radius 3 is 2.28 bits per heavy atom. The van der Waals surface area contributed by atoms with E-state index in [9.17, 15) is 5.11 Å². The molecule has 5 heteroatoms. The summed E-state index contributed by atoms with van der Waals surface area (Å²) in [5.74, 6) is 0.577. The van der Waals surface area contributed by atoms with Gasteiger partial charge in [-0.3, -0.25) is 0 Å². The zero-order chi connectivity index (χ0) is 16.5. The number of piperidine rings is 1. The Kier molecular flexibility index (Phi) is 13.7. The largest absolute Gasteiger partial charge is 0.387 e. The third kappa shape index (κ3) is 9.25. The average molecular weight is 391 g/mol. The van der Waals surface area contributed by atoms with Crippen LogP contribution in [0.1, 0.15) is 57.6 Å². The van der Waals surface area contributed by atoms with E-state index in [0.29, 0.717) is 5.92 Å². The number of hydrogen-bond donors (Lipinski definition) is 2. The van der Waals surface area contributed by atoms with Crippen molar-refractivity contribution < 1.29 is 5.11 Å². The Morgan fingerprint density at radius 1 is 1.04 bits per heavy atom. The van der Waals surface area contributed by atoms with Crippen molar-refractivity contribution in [1.29, 1.82) is 0 Å². The molecular formula is C20H36Cl2N2O. The topological polar surface area (TPSA) is 35.5 Å². The Labute approximate surface area is 166 Å². The fraction of sp³-hybridized carbons (Fsp3) is 0.700. The van der Waals surface area contributed by atoms with Crippen molar-refractivity contribution in [2.75, 3.05) is 26.2 Å². The molecule has 0 spiro atoms. The summed E-state index contributed by atoms with van der Waals surface area (Å²) >= 11 is 0. The summed E-state index contributed by atoms with van der Waals surface area (Å²) in [5, 5.41) is 14.3. The normalized spacial score (nSPS) is 17.4. The standard InChI is InChI=1S/C20H34N2O.2ClH/c1-17(2)16-19(20(23)18-10-5-3-6-11-18)21-12-9-15-22-13-7-4-8-14-22;;/h3,5-6,10-11,17,19-21,23H,4,7-9,12-16H2,1-2H3;2*1H/t19-,20-;;/m1../s1. The van der Waals surface area contributed by atoms with Gasteiger partial charge in [0.2, 0.25) is 0 Å². The van der Waals surface area contributed by atoms with Gasteiger partial charge in [0.15, 0.2) is 0 Å². The molecule has 25 heavy (non-hydrogen) atoms. The van der Waals surface area contributed by atoms with Gasteiger partial charge in [0.1, 0.15) is 0 Å². The van der Waals surface area contributed by atoms with Gasteiger partial charge in [-0.25, -0.2) is 0 Å².